The molecule has 3 rings (SSSR count). The minimum atomic E-state index is -1.13. The van der Waals surface area contributed by atoms with Gasteiger partial charge in [-0.25, -0.2) is 9.79 Å². The van der Waals surface area contributed by atoms with Crippen LogP contribution in [0.15, 0.2) is 66.2 Å². The second kappa shape index (κ2) is 7.04. The highest BCUT2D eigenvalue weighted by Gasteiger charge is 2.48. The summed E-state index contributed by atoms with van der Waals surface area (Å²) < 4.78 is 16.2. The summed E-state index contributed by atoms with van der Waals surface area (Å²) in [4.78, 5) is 17.3. The van der Waals surface area contributed by atoms with E-state index in [9.17, 15) is 4.79 Å². The molecule has 0 bridgehead atoms. The molecule has 0 radical (unpaired) electrons. The molecular weight excluding hydrogens is 330 g/mol. The van der Waals surface area contributed by atoms with Crippen LogP contribution in [0.1, 0.15) is 24.0 Å². The third-order valence-electron chi connectivity index (χ3n) is 4.57. The van der Waals surface area contributed by atoms with Gasteiger partial charge >= 0.3 is 5.97 Å². The quantitative estimate of drug-likeness (QED) is 0.588. The van der Waals surface area contributed by atoms with E-state index in [1.807, 2.05) is 42.5 Å². The van der Waals surface area contributed by atoms with Crippen LogP contribution in [0.5, 0.6) is 11.5 Å². The van der Waals surface area contributed by atoms with Crippen LogP contribution in [0.4, 0.5) is 0 Å². The molecular formula is C21H21NO4. The van der Waals surface area contributed by atoms with Crippen LogP contribution in [0.2, 0.25) is 0 Å². The molecule has 0 aliphatic carbocycles. The van der Waals surface area contributed by atoms with Gasteiger partial charge in [-0.05, 0) is 25.1 Å². The molecule has 1 heterocycles. The van der Waals surface area contributed by atoms with Crippen molar-refractivity contribution in [2.45, 2.75) is 18.4 Å². The molecule has 26 heavy (non-hydrogen) atoms. The number of hydrogen-bond donors (Lipinski definition) is 0. The lowest BCUT2D eigenvalue weighted by Crippen LogP contribution is -2.36. The minimum Gasteiger partial charge on any atom is -0.497 e. The Morgan fingerprint density at radius 2 is 1.88 bits per heavy atom. The van der Waals surface area contributed by atoms with Crippen molar-refractivity contribution in [2.24, 2.45) is 4.99 Å². The summed E-state index contributed by atoms with van der Waals surface area (Å²) in [6.07, 6.45) is 1.70. The lowest BCUT2D eigenvalue weighted by atomic mass is 9.80. The molecule has 0 aromatic heterocycles. The molecule has 134 valence electrons. The molecule has 5 heteroatoms. The maximum Gasteiger partial charge on any atom is 0.341 e. The number of cyclic esters (lactones) is 1. The first kappa shape index (κ1) is 17.7. The van der Waals surface area contributed by atoms with Gasteiger partial charge in [0.25, 0.3) is 0 Å². The smallest absolute Gasteiger partial charge is 0.341 e. The van der Waals surface area contributed by atoms with Crippen LogP contribution in [-0.4, -0.2) is 31.6 Å². The van der Waals surface area contributed by atoms with Crippen molar-refractivity contribution < 1.29 is 19.0 Å². The highest BCUT2D eigenvalue weighted by Crippen LogP contribution is 2.42. The van der Waals surface area contributed by atoms with Crippen LogP contribution in [0.25, 0.3) is 0 Å². The third kappa shape index (κ3) is 2.96. The Morgan fingerprint density at radius 1 is 1.15 bits per heavy atom. The van der Waals surface area contributed by atoms with E-state index in [1.54, 1.807) is 33.3 Å². The van der Waals surface area contributed by atoms with E-state index in [4.69, 9.17) is 14.2 Å². The van der Waals surface area contributed by atoms with Crippen molar-refractivity contribution in [2.75, 3.05) is 14.2 Å². The molecule has 0 N–H and O–H groups in total. The van der Waals surface area contributed by atoms with Crippen molar-refractivity contribution >= 4 is 11.9 Å². The Balaban J connectivity index is 2.06. The normalized spacial score (nSPS) is 20.1. The van der Waals surface area contributed by atoms with Gasteiger partial charge in [-0.1, -0.05) is 30.3 Å². The molecule has 5 nitrogen and oxygen atoms in total. The fourth-order valence-electron chi connectivity index (χ4n) is 3.11. The van der Waals surface area contributed by atoms with Gasteiger partial charge < -0.3 is 14.2 Å². The van der Waals surface area contributed by atoms with Gasteiger partial charge in [-0.15, -0.1) is 6.58 Å². The van der Waals surface area contributed by atoms with E-state index in [0.29, 0.717) is 17.4 Å². The zero-order valence-corrected chi connectivity index (χ0v) is 15.1. The molecule has 0 amide bonds. The van der Waals surface area contributed by atoms with Gasteiger partial charge in [-0.3, -0.25) is 0 Å². The molecule has 2 aromatic carbocycles. The third-order valence-corrected chi connectivity index (χ3v) is 4.57. The van der Waals surface area contributed by atoms with Gasteiger partial charge in [0.05, 0.1) is 14.2 Å². The number of benzene rings is 2. The fourth-order valence-corrected chi connectivity index (χ4v) is 3.11. The number of carbonyl (C=O) groups excluding carboxylic acids is 1. The Bertz CT molecular complexity index is 860. The van der Waals surface area contributed by atoms with Crippen molar-refractivity contribution in [3.05, 3.63) is 72.3 Å². The van der Waals surface area contributed by atoms with E-state index in [1.165, 1.54) is 0 Å². The summed E-state index contributed by atoms with van der Waals surface area (Å²) in [7, 11) is 3.16. The number of rotatable bonds is 6. The monoisotopic (exact) mass is 351 g/mol. The first-order valence-electron chi connectivity index (χ1n) is 8.25. The van der Waals surface area contributed by atoms with Gasteiger partial charge in [0.2, 0.25) is 5.90 Å². The predicted octanol–water partition coefficient (Wildman–Crippen LogP) is 3.74. The number of carbonyl (C=O) groups is 1. The maximum absolute atomic E-state index is 12.7. The number of nitrogens with zero attached hydrogens (tertiary/aromatic N) is 1. The van der Waals surface area contributed by atoms with Gasteiger partial charge in [0, 0.05) is 23.1 Å². The summed E-state index contributed by atoms with van der Waals surface area (Å²) >= 11 is 0. The van der Waals surface area contributed by atoms with Crippen LogP contribution < -0.4 is 9.47 Å². The van der Waals surface area contributed by atoms with Crippen molar-refractivity contribution in [3.63, 3.8) is 0 Å². The second-order valence-corrected chi connectivity index (χ2v) is 6.14. The molecule has 2 atom stereocenters. The molecule has 0 unspecified atom stereocenters. The van der Waals surface area contributed by atoms with Gasteiger partial charge in [0.1, 0.15) is 11.5 Å². The van der Waals surface area contributed by atoms with Crippen molar-refractivity contribution in [1.82, 2.24) is 0 Å². The highest BCUT2D eigenvalue weighted by molar-refractivity contribution is 6.08. The number of ether oxygens (including phenoxy) is 3. The molecule has 0 saturated heterocycles. The maximum atomic E-state index is 12.7. The van der Waals surface area contributed by atoms with E-state index in [0.717, 1.165) is 11.1 Å². The van der Waals surface area contributed by atoms with Gasteiger partial charge in [-0.2, -0.15) is 0 Å². The average Bonchev–Trinajstić information content (AvgIpc) is 2.98. The topological polar surface area (TPSA) is 57.1 Å². The van der Waals surface area contributed by atoms with Crippen LogP contribution in [-0.2, 0) is 9.53 Å². The Kier molecular flexibility index (Phi) is 4.80. The highest BCUT2D eigenvalue weighted by atomic mass is 16.6. The largest absolute Gasteiger partial charge is 0.497 e. The number of esters is 1. The molecule has 1 aliphatic rings. The summed E-state index contributed by atoms with van der Waals surface area (Å²) in [5.74, 6) is 0.751. The summed E-state index contributed by atoms with van der Waals surface area (Å²) in [6.45, 7) is 5.66. The van der Waals surface area contributed by atoms with E-state index < -0.39 is 17.4 Å². The van der Waals surface area contributed by atoms with Crippen molar-refractivity contribution in [3.8, 4) is 11.5 Å². The molecule has 0 spiro atoms. The van der Waals surface area contributed by atoms with E-state index >= 15 is 0 Å². The van der Waals surface area contributed by atoms with Crippen LogP contribution in [0.3, 0.4) is 0 Å². The lowest BCUT2D eigenvalue weighted by molar-refractivity contribution is -0.138. The first-order chi connectivity index (χ1) is 12.5. The zero-order valence-electron chi connectivity index (χ0n) is 15.1. The summed E-state index contributed by atoms with van der Waals surface area (Å²) in [6, 6.07) is 14.8. The Morgan fingerprint density at radius 3 is 2.50 bits per heavy atom. The average molecular weight is 351 g/mol. The van der Waals surface area contributed by atoms with Gasteiger partial charge in [0.15, 0.2) is 5.54 Å². The number of methoxy groups -OCH3 is 2. The van der Waals surface area contributed by atoms with Crippen molar-refractivity contribution in [1.29, 1.82) is 0 Å². The predicted molar refractivity (Wildman–Crippen MR) is 100.0 cm³/mol. The second-order valence-electron chi connectivity index (χ2n) is 6.14. The molecule has 2 aromatic rings. The summed E-state index contributed by atoms with van der Waals surface area (Å²) in [5, 5.41) is 0. The zero-order chi connectivity index (χ0) is 18.7. The van der Waals surface area contributed by atoms with E-state index in [2.05, 4.69) is 11.6 Å². The van der Waals surface area contributed by atoms with Crippen LogP contribution >= 0.6 is 0 Å². The molecule has 1 aliphatic heterocycles. The SMILES string of the molecule is C=C[C@@H](c1ccc(OC)cc1OC)[C@@]1(C)N=C(c2ccccc2)OC1=O. The minimum absolute atomic E-state index is 0.317. The number of hydrogen-bond acceptors (Lipinski definition) is 5. The summed E-state index contributed by atoms with van der Waals surface area (Å²) in [5.41, 5.74) is 0.421. The standard InChI is InChI=1S/C21H21NO4/c1-5-17(16-12-11-15(24-3)13-18(16)25-4)21(2)20(23)26-19(22-21)14-9-7-6-8-10-14/h5-13,17H,1H2,2-4H3/t17-,21+/m0/s1. The van der Waals surface area contributed by atoms with Crippen LogP contribution in [0, 0.1) is 0 Å². The Hall–Kier alpha value is -3.08. The number of aliphatic imine (C=N–C) groups is 1. The molecule has 0 fully saturated rings. The lowest BCUT2D eigenvalue weighted by Gasteiger charge is -2.27. The molecule has 0 saturated carbocycles. The van der Waals surface area contributed by atoms with E-state index in [-0.39, 0.29) is 0 Å². The Labute approximate surface area is 152 Å². The first-order valence-corrected chi connectivity index (χ1v) is 8.25. The fraction of sp³-hybridized carbons (Fsp3) is 0.238.